The fraction of sp³-hybridized carbons (Fsp3) is 0.326. The van der Waals surface area contributed by atoms with Crippen molar-refractivity contribution in [2.45, 2.75) is 75.5 Å². The van der Waals surface area contributed by atoms with Crippen molar-refractivity contribution in [1.29, 1.82) is 0 Å². The molecule has 1 aromatic heterocycles. The van der Waals surface area contributed by atoms with Crippen LogP contribution in [0.3, 0.4) is 0 Å². The molecule has 3 aromatic carbocycles. The van der Waals surface area contributed by atoms with Crippen LogP contribution < -0.4 is 31.9 Å². The van der Waals surface area contributed by atoms with E-state index in [2.05, 4.69) is 36.9 Å². The van der Waals surface area contributed by atoms with Crippen LogP contribution in [0, 0.1) is 0 Å². The summed E-state index contributed by atoms with van der Waals surface area (Å²) in [6, 6.07) is 7.63. The van der Waals surface area contributed by atoms with Gasteiger partial charge in [-0.3, -0.25) is 18.8 Å². The van der Waals surface area contributed by atoms with Crippen molar-refractivity contribution >= 4 is 65.1 Å². The highest BCUT2D eigenvalue weighted by Gasteiger charge is 2.27. The van der Waals surface area contributed by atoms with E-state index in [-0.39, 0.29) is 73.3 Å². The number of hydrogen-bond acceptors (Lipinski definition) is 12. The number of benzene rings is 3. The Morgan fingerprint density at radius 3 is 1.44 bits per heavy atom. The average molecular weight is 950 g/mol. The zero-order valence-corrected chi connectivity index (χ0v) is 35.9. The van der Waals surface area contributed by atoms with Gasteiger partial charge in [0.05, 0.1) is 24.3 Å². The largest absolute Gasteiger partial charge is 0.481 e. The first-order valence-corrected chi connectivity index (χ1v) is 20.7. The van der Waals surface area contributed by atoms with Crippen LogP contribution >= 0.6 is 0 Å². The van der Waals surface area contributed by atoms with Crippen molar-refractivity contribution in [2.24, 2.45) is 0 Å². The van der Waals surface area contributed by atoms with E-state index in [4.69, 9.17) is 10.2 Å². The van der Waals surface area contributed by atoms with Crippen LogP contribution in [0.5, 0.6) is 0 Å². The Kier molecular flexibility index (Phi) is 19.4. The Bertz CT molecular complexity index is 2470. The van der Waals surface area contributed by atoms with E-state index in [0.717, 1.165) is 0 Å². The van der Waals surface area contributed by atoms with Crippen LogP contribution in [0.1, 0.15) is 69.6 Å². The monoisotopic (exact) mass is 949 g/mol. The van der Waals surface area contributed by atoms with Crippen molar-refractivity contribution in [3.63, 3.8) is 0 Å². The van der Waals surface area contributed by atoms with Crippen molar-refractivity contribution < 1.29 is 78.2 Å². The maximum atomic E-state index is 13.7. The summed E-state index contributed by atoms with van der Waals surface area (Å²) >= 11 is 0. The van der Waals surface area contributed by atoms with Gasteiger partial charge in [-0.2, -0.15) is 0 Å². The standard InChI is InChI=1S/C43H48FN9O15/c44-15-1-3-29-22-53(52-51-29)30-20-25(36(57)45-27-9-5-23(6-10-27)17-33(40(63)64)49-42(67)47-31(38(59)60)4-2-16-54)19-26(21-30)37(58)46-28-11-7-24(8-12-28)18-34(41(65)66)50-43(68)48-32(39(61)62)13-14-35(55)56/h5-12,19-22,31-34,54H,1-4,13-18H2,(H,45,57)(H,46,58)(H,55,56)(H,59,60)(H,61,62)(H,63,64)(H,65,66)(H2,47,49,67)(H2,48,50,68)/t31?,32-,33?,34-/m0/s1. The Morgan fingerprint density at radius 2 is 1.03 bits per heavy atom. The van der Waals surface area contributed by atoms with E-state index in [1.165, 1.54) is 77.6 Å². The van der Waals surface area contributed by atoms with Crippen molar-refractivity contribution in [2.75, 3.05) is 23.9 Å². The third-order valence-electron chi connectivity index (χ3n) is 9.83. The first kappa shape index (κ1) is 52.1. The molecule has 0 fully saturated rings. The highest BCUT2D eigenvalue weighted by atomic mass is 19.1. The van der Waals surface area contributed by atoms with Gasteiger partial charge < -0.3 is 62.5 Å². The number of alkyl halides is 1. The summed E-state index contributed by atoms with van der Waals surface area (Å²) < 4.78 is 14.2. The lowest BCUT2D eigenvalue weighted by molar-refractivity contribution is -0.141. The van der Waals surface area contributed by atoms with Gasteiger partial charge in [0.1, 0.15) is 24.2 Å². The summed E-state index contributed by atoms with van der Waals surface area (Å²) in [5.41, 5.74) is 1.87. The number of aliphatic carboxylic acids is 5. The van der Waals surface area contributed by atoms with Crippen molar-refractivity contribution in [1.82, 2.24) is 36.3 Å². The van der Waals surface area contributed by atoms with Crippen molar-refractivity contribution in [3.05, 3.63) is 101 Å². The smallest absolute Gasteiger partial charge is 0.326 e. The fourth-order valence-corrected chi connectivity index (χ4v) is 6.31. The van der Waals surface area contributed by atoms with E-state index in [9.17, 15) is 68.0 Å². The van der Waals surface area contributed by atoms with E-state index < -0.39 is 97.4 Å². The number of nitrogens with zero attached hydrogens (tertiary/aromatic N) is 3. The number of aryl methyl sites for hydroxylation is 1. The van der Waals surface area contributed by atoms with Gasteiger partial charge in [0.15, 0.2) is 0 Å². The second-order valence-electron chi connectivity index (χ2n) is 15.0. The molecule has 362 valence electrons. The van der Waals surface area contributed by atoms with Crippen LogP contribution in [0.15, 0.2) is 72.9 Å². The lowest BCUT2D eigenvalue weighted by Gasteiger charge is -2.18. The van der Waals surface area contributed by atoms with Crippen LogP contribution in [-0.2, 0) is 43.2 Å². The number of urea groups is 2. The summed E-state index contributed by atoms with van der Waals surface area (Å²) in [6.07, 6.45) is 0.435. The van der Waals surface area contributed by atoms with E-state index >= 15 is 0 Å². The number of carbonyl (C=O) groups is 9. The number of amides is 6. The molecule has 68 heavy (non-hydrogen) atoms. The number of carboxylic acid groups (broad SMARTS) is 5. The molecule has 4 rings (SSSR count). The third kappa shape index (κ3) is 16.5. The maximum absolute atomic E-state index is 13.7. The normalized spacial score (nSPS) is 12.6. The van der Waals surface area contributed by atoms with E-state index in [1.807, 2.05) is 5.32 Å². The topological polar surface area (TPSA) is 378 Å². The van der Waals surface area contributed by atoms with E-state index in [1.54, 1.807) is 0 Å². The molecule has 0 bridgehead atoms. The number of carboxylic acids is 5. The molecule has 6 amide bonds. The molecule has 0 radical (unpaired) electrons. The maximum Gasteiger partial charge on any atom is 0.326 e. The molecular formula is C43H48FN9O15. The Balaban J connectivity index is 1.48. The minimum atomic E-state index is -1.59. The summed E-state index contributed by atoms with van der Waals surface area (Å²) in [6.45, 7) is -0.902. The molecule has 0 aliphatic heterocycles. The summed E-state index contributed by atoms with van der Waals surface area (Å²) in [5.74, 6) is -8.44. The summed E-state index contributed by atoms with van der Waals surface area (Å²) in [5, 5.41) is 78.0. The minimum Gasteiger partial charge on any atom is -0.481 e. The lowest BCUT2D eigenvalue weighted by atomic mass is 10.0. The van der Waals surface area contributed by atoms with Crippen LogP contribution in [0.4, 0.5) is 25.4 Å². The number of halogens is 1. The van der Waals surface area contributed by atoms with E-state index in [0.29, 0.717) is 16.8 Å². The van der Waals surface area contributed by atoms with Crippen LogP contribution in [0.2, 0.25) is 0 Å². The molecule has 25 heteroatoms. The minimum absolute atomic E-state index is 0.0273. The lowest BCUT2D eigenvalue weighted by Crippen LogP contribution is -2.51. The van der Waals surface area contributed by atoms with Gasteiger partial charge >= 0.3 is 41.9 Å². The molecule has 0 spiro atoms. The second kappa shape index (κ2) is 25.3. The highest BCUT2D eigenvalue weighted by Crippen LogP contribution is 2.20. The number of carbonyl (C=O) groups excluding carboxylic acids is 4. The molecule has 4 aromatic rings. The zero-order valence-electron chi connectivity index (χ0n) is 35.9. The quantitative estimate of drug-likeness (QED) is 0.0427. The number of aromatic nitrogens is 3. The number of nitrogens with one attached hydrogen (secondary N) is 6. The molecular weight excluding hydrogens is 902 g/mol. The predicted molar refractivity (Wildman–Crippen MR) is 234 cm³/mol. The van der Waals surface area contributed by atoms with Gasteiger partial charge in [0.25, 0.3) is 11.8 Å². The number of hydrogen-bond donors (Lipinski definition) is 12. The molecule has 0 saturated carbocycles. The Labute approximate surface area is 384 Å². The summed E-state index contributed by atoms with van der Waals surface area (Å²) in [7, 11) is 0. The molecule has 0 aliphatic rings. The van der Waals surface area contributed by atoms with Crippen LogP contribution in [-0.4, -0.2) is 137 Å². The molecule has 0 aliphatic carbocycles. The van der Waals surface area contributed by atoms with Gasteiger partial charge in [-0.25, -0.2) is 33.4 Å². The van der Waals surface area contributed by atoms with Gasteiger partial charge in [-0.05, 0) is 85.7 Å². The highest BCUT2D eigenvalue weighted by molar-refractivity contribution is 6.09. The van der Waals surface area contributed by atoms with Gasteiger partial charge in [-0.1, -0.05) is 29.5 Å². The van der Waals surface area contributed by atoms with Crippen LogP contribution in [0.25, 0.3) is 5.69 Å². The number of anilines is 2. The first-order chi connectivity index (χ1) is 32.3. The molecule has 0 saturated heterocycles. The van der Waals surface area contributed by atoms with Crippen molar-refractivity contribution in [3.8, 4) is 5.69 Å². The molecule has 24 nitrogen and oxygen atoms in total. The average Bonchev–Trinajstić information content (AvgIpc) is 3.78. The summed E-state index contributed by atoms with van der Waals surface area (Å²) in [4.78, 5) is 110. The van der Waals surface area contributed by atoms with Gasteiger partial charge in [0, 0.05) is 48.4 Å². The molecule has 4 atom stereocenters. The predicted octanol–water partition coefficient (Wildman–Crippen LogP) is 1.81. The third-order valence-corrected chi connectivity index (χ3v) is 9.83. The molecule has 2 unspecified atom stereocenters. The fourth-order valence-electron chi connectivity index (χ4n) is 6.31. The molecule has 1 heterocycles. The number of aliphatic hydroxyl groups is 1. The van der Waals surface area contributed by atoms with Gasteiger partial charge in [-0.15, -0.1) is 5.10 Å². The Morgan fingerprint density at radius 1 is 0.588 bits per heavy atom. The van der Waals surface area contributed by atoms with Gasteiger partial charge in [0.2, 0.25) is 0 Å². The Hall–Kier alpha value is -8.48. The first-order valence-electron chi connectivity index (χ1n) is 20.7. The zero-order chi connectivity index (χ0) is 49.9. The number of rotatable bonds is 26. The second-order valence-corrected chi connectivity index (χ2v) is 15.0. The number of aliphatic hydroxyl groups excluding tert-OH is 1. The molecule has 12 N–H and O–H groups in total. The SMILES string of the molecule is O=C(O)CC[C@H](NC(=O)N[C@@H](Cc1ccc(NC(=O)c2cc(C(=O)Nc3ccc(CC(NC(=O)NC(CCCO)C(=O)O)C(=O)O)cc3)cc(-n3cc(CCCF)nn3)c2)cc1)C(=O)O)C(=O)O.